The summed E-state index contributed by atoms with van der Waals surface area (Å²) < 4.78 is 11.3. The van der Waals surface area contributed by atoms with Crippen molar-refractivity contribution in [2.24, 2.45) is 0 Å². The molecule has 0 unspecified atom stereocenters. The van der Waals surface area contributed by atoms with Crippen molar-refractivity contribution in [2.45, 2.75) is 37.8 Å². The van der Waals surface area contributed by atoms with Crippen molar-refractivity contribution in [3.63, 3.8) is 0 Å². The SMILES string of the molecule is Clc1cc(N2CO[C@H]3CCCC[C@@H]32)nc(N2CCOCC2)n1. The van der Waals surface area contributed by atoms with Gasteiger partial charge in [-0.25, -0.2) is 4.98 Å². The first-order valence-electron chi connectivity index (χ1n) is 8.07. The van der Waals surface area contributed by atoms with Gasteiger partial charge >= 0.3 is 0 Å². The lowest BCUT2D eigenvalue weighted by Gasteiger charge is -2.31. The van der Waals surface area contributed by atoms with Gasteiger partial charge in [-0.05, 0) is 12.8 Å². The Morgan fingerprint density at radius 3 is 2.82 bits per heavy atom. The molecule has 1 aromatic rings. The molecule has 6 nitrogen and oxygen atoms in total. The van der Waals surface area contributed by atoms with E-state index in [1.54, 1.807) is 0 Å². The molecule has 0 N–H and O–H groups in total. The Kier molecular flexibility index (Phi) is 4.07. The maximum absolute atomic E-state index is 6.25. The highest BCUT2D eigenvalue weighted by Gasteiger charge is 2.37. The second kappa shape index (κ2) is 6.18. The number of hydrogen-bond donors (Lipinski definition) is 0. The molecule has 2 saturated heterocycles. The minimum atomic E-state index is 0.342. The molecule has 3 fully saturated rings. The molecule has 22 heavy (non-hydrogen) atoms. The third-order valence-electron chi connectivity index (χ3n) is 4.75. The fourth-order valence-corrected chi connectivity index (χ4v) is 3.76. The van der Waals surface area contributed by atoms with E-state index in [2.05, 4.69) is 14.8 Å². The maximum atomic E-state index is 6.25. The summed E-state index contributed by atoms with van der Waals surface area (Å²) in [4.78, 5) is 13.5. The highest BCUT2D eigenvalue weighted by molar-refractivity contribution is 6.29. The van der Waals surface area contributed by atoms with Crippen molar-refractivity contribution < 1.29 is 9.47 Å². The second-order valence-corrected chi connectivity index (χ2v) is 6.49. The van der Waals surface area contributed by atoms with Gasteiger partial charge in [-0.15, -0.1) is 0 Å². The van der Waals surface area contributed by atoms with Crippen LogP contribution < -0.4 is 9.80 Å². The molecule has 7 heteroatoms. The summed E-state index contributed by atoms with van der Waals surface area (Å²) in [6.45, 7) is 3.64. The van der Waals surface area contributed by atoms with Gasteiger partial charge in [-0.1, -0.05) is 24.4 Å². The van der Waals surface area contributed by atoms with Crippen molar-refractivity contribution in [3.05, 3.63) is 11.2 Å². The fraction of sp³-hybridized carbons (Fsp3) is 0.733. The van der Waals surface area contributed by atoms with Crippen LogP contribution >= 0.6 is 11.6 Å². The average Bonchev–Trinajstić information content (AvgIpc) is 2.99. The molecule has 1 aromatic heterocycles. The number of aromatic nitrogens is 2. The van der Waals surface area contributed by atoms with Crippen LogP contribution in [-0.2, 0) is 9.47 Å². The third-order valence-corrected chi connectivity index (χ3v) is 4.95. The monoisotopic (exact) mass is 324 g/mol. The molecule has 2 atom stereocenters. The maximum Gasteiger partial charge on any atom is 0.228 e. The minimum absolute atomic E-state index is 0.342. The van der Waals surface area contributed by atoms with E-state index >= 15 is 0 Å². The number of nitrogens with zero attached hydrogens (tertiary/aromatic N) is 4. The Bertz CT molecular complexity index is 538. The number of morpholine rings is 1. The predicted octanol–water partition coefficient (Wildman–Crippen LogP) is 2.07. The summed E-state index contributed by atoms with van der Waals surface area (Å²) in [6.07, 6.45) is 5.18. The first-order valence-corrected chi connectivity index (χ1v) is 8.44. The van der Waals surface area contributed by atoms with E-state index in [1.165, 1.54) is 19.3 Å². The van der Waals surface area contributed by atoms with Crippen molar-refractivity contribution in [1.29, 1.82) is 0 Å². The molecular formula is C15H21ClN4O2. The Morgan fingerprint density at radius 2 is 1.95 bits per heavy atom. The van der Waals surface area contributed by atoms with Crippen molar-refractivity contribution >= 4 is 23.4 Å². The fourth-order valence-electron chi connectivity index (χ4n) is 3.58. The predicted molar refractivity (Wildman–Crippen MR) is 84.5 cm³/mol. The van der Waals surface area contributed by atoms with Crippen LogP contribution in [0.2, 0.25) is 5.15 Å². The molecule has 0 bridgehead atoms. The standard InChI is InChI=1S/C15H21ClN4O2/c16-13-9-14(18-15(17-13)19-5-7-21-8-6-19)20-10-22-12-4-2-1-3-11(12)20/h9,11-12H,1-8,10H2/t11-,12-/m0/s1. The van der Waals surface area contributed by atoms with Crippen LogP contribution in [0.5, 0.6) is 0 Å². The lowest BCUT2D eigenvalue weighted by atomic mass is 9.92. The highest BCUT2D eigenvalue weighted by atomic mass is 35.5. The number of hydrogen-bond acceptors (Lipinski definition) is 6. The molecule has 3 heterocycles. The van der Waals surface area contributed by atoms with E-state index in [9.17, 15) is 0 Å². The average molecular weight is 325 g/mol. The number of anilines is 2. The molecule has 2 aliphatic heterocycles. The highest BCUT2D eigenvalue weighted by Crippen LogP contribution is 2.34. The van der Waals surface area contributed by atoms with Crippen LogP contribution in [0.25, 0.3) is 0 Å². The van der Waals surface area contributed by atoms with Gasteiger partial charge in [0.1, 0.15) is 17.7 Å². The zero-order valence-corrected chi connectivity index (χ0v) is 13.3. The van der Waals surface area contributed by atoms with Crippen LogP contribution in [0.3, 0.4) is 0 Å². The Hall–Kier alpha value is -1.11. The quantitative estimate of drug-likeness (QED) is 0.776. The van der Waals surface area contributed by atoms with Crippen molar-refractivity contribution in [2.75, 3.05) is 42.8 Å². The summed E-state index contributed by atoms with van der Waals surface area (Å²) in [5.41, 5.74) is 0. The number of ether oxygens (including phenoxy) is 2. The molecular weight excluding hydrogens is 304 g/mol. The van der Waals surface area contributed by atoms with E-state index in [1.807, 2.05) is 6.07 Å². The van der Waals surface area contributed by atoms with Crippen LogP contribution in [0.1, 0.15) is 25.7 Å². The third kappa shape index (κ3) is 2.75. The lowest BCUT2D eigenvalue weighted by molar-refractivity contribution is 0.0827. The van der Waals surface area contributed by atoms with Gasteiger partial charge in [0, 0.05) is 19.2 Å². The lowest BCUT2D eigenvalue weighted by Crippen LogP contribution is -2.39. The molecule has 0 amide bonds. The Balaban J connectivity index is 1.60. The summed E-state index contributed by atoms with van der Waals surface area (Å²) in [5.74, 6) is 1.58. The molecule has 0 spiro atoms. The van der Waals surface area contributed by atoms with Crippen molar-refractivity contribution in [3.8, 4) is 0 Å². The van der Waals surface area contributed by atoms with E-state index in [4.69, 9.17) is 26.1 Å². The topological polar surface area (TPSA) is 50.7 Å². The van der Waals surface area contributed by atoms with Gasteiger partial charge < -0.3 is 19.3 Å². The Labute approximate surface area is 135 Å². The normalized spacial score (nSPS) is 28.8. The summed E-state index contributed by atoms with van der Waals surface area (Å²) in [7, 11) is 0. The van der Waals surface area contributed by atoms with E-state index in [-0.39, 0.29) is 0 Å². The van der Waals surface area contributed by atoms with Crippen LogP contribution in [0.4, 0.5) is 11.8 Å². The van der Waals surface area contributed by atoms with Crippen LogP contribution in [0, 0.1) is 0 Å². The van der Waals surface area contributed by atoms with Crippen molar-refractivity contribution in [1.82, 2.24) is 9.97 Å². The summed E-state index contributed by atoms with van der Waals surface area (Å²) in [5, 5.41) is 0.491. The minimum Gasteiger partial charge on any atom is -0.378 e. The molecule has 120 valence electrons. The first-order chi connectivity index (χ1) is 10.8. The number of rotatable bonds is 2. The zero-order chi connectivity index (χ0) is 14.9. The van der Waals surface area contributed by atoms with Gasteiger partial charge in [0.2, 0.25) is 5.95 Å². The van der Waals surface area contributed by atoms with Gasteiger partial charge in [0.05, 0.1) is 25.4 Å². The molecule has 1 aliphatic carbocycles. The van der Waals surface area contributed by atoms with E-state index < -0.39 is 0 Å². The van der Waals surface area contributed by atoms with Crippen LogP contribution in [-0.4, -0.2) is 55.1 Å². The van der Waals surface area contributed by atoms with Gasteiger partial charge in [0.25, 0.3) is 0 Å². The molecule has 3 aliphatic rings. The van der Waals surface area contributed by atoms with Gasteiger partial charge in [-0.2, -0.15) is 4.98 Å². The van der Waals surface area contributed by atoms with Crippen LogP contribution in [0.15, 0.2) is 6.07 Å². The summed E-state index contributed by atoms with van der Waals surface area (Å²) in [6, 6.07) is 2.28. The number of halogens is 1. The molecule has 0 aromatic carbocycles. The Morgan fingerprint density at radius 1 is 1.14 bits per heavy atom. The smallest absolute Gasteiger partial charge is 0.228 e. The molecule has 0 radical (unpaired) electrons. The summed E-state index contributed by atoms with van der Waals surface area (Å²) >= 11 is 6.25. The second-order valence-electron chi connectivity index (χ2n) is 6.10. The largest absolute Gasteiger partial charge is 0.378 e. The molecule has 4 rings (SSSR count). The zero-order valence-electron chi connectivity index (χ0n) is 12.6. The van der Waals surface area contributed by atoms with Gasteiger partial charge in [0.15, 0.2) is 0 Å². The molecule has 1 saturated carbocycles. The first kappa shape index (κ1) is 14.5. The number of fused-ring (bicyclic) bond motifs is 1. The van der Waals surface area contributed by atoms with E-state index in [0.29, 0.717) is 43.2 Å². The van der Waals surface area contributed by atoms with Gasteiger partial charge in [-0.3, -0.25) is 0 Å². The van der Waals surface area contributed by atoms with E-state index in [0.717, 1.165) is 25.3 Å².